The van der Waals surface area contributed by atoms with Gasteiger partial charge >= 0.3 is 5.97 Å². The van der Waals surface area contributed by atoms with Crippen molar-refractivity contribution < 1.29 is 9.90 Å². The highest BCUT2D eigenvalue weighted by atomic mass is 16.4. The molecule has 6 nitrogen and oxygen atoms in total. The quantitative estimate of drug-likeness (QED) is 0.574. The van der Waals surface area contributed by atoms with Crippen molar-refractivity contribution in [2.75, 3.05) is 0 Å². The molecule has 6 heteroatoms. The lowest BCUT2D eigenvalue weighted by Gasteiger charge is -2.08. The van der Waals surface area contributed by atoms with Crippen molar-refractivity contribution in [1.29, 1.82) is 0 Å². The highest BCUT2D eigenvalue weighted by Gasteiger charge is 2.14. The van der Waals surface area contributed by atoms with Gasteiger partial charge in [-0.05, 0) is 30.0 Å². The monoisotopic (exact) mass is 392 g/mol. The Bertz CT molecular complexity index is 961. The number of pyridine rings is 1. The molecule has 0 aliphatic carbocycles. The van der Waals surface area contributed by atoms with E-state index in [1.54, 1.807) is 24.4 Å². The van der Waals surface area contributed by atoms with E-state index >= 15 is 0 Å². The number of aryl methyl sites for hydroxylation is 1. The average Bonchev–Trinajstić information content (AvgIpc) is 3.07. The Morgan fingerprint density at radius 1 is 1.17 bits per heavy atom. The molecule has 1 N–H and O–H groups in total. The molecule has 0 fully saturated rings. The normalized spacial score (nSPS) is 11.2. The summed E-state index contributed by atoms with van der Waals surface area (Å²) in [4.78, 5) is 20.8. The van der Waals surface area contributed by atoms with Gasteiger partial charge in [-0.3, -0.25) is 4.98 Å². The third kappa shape index (κ3) is 5.28. The van der Waals surface area contributed by atoms with Crippen molar-refractivity contribution in [1.82, 2.24) is 19.7 Å². The smallest absolute Gasteiger partial charge is 0.336 e. The van der Waals surface area contributed by atoms with Crippen LogP contribution in [0.5, 0.6) is 0 Å². The van der Waals surface area contributed by atoms with E-state index in [1.807, 2.05) is 22.9 Å². The molecule has 1 aromatic carbocycles. The maximum atomic E-state index is 11.5. The minimum absolute atomic E-state index is 0.276. The van der Waals surface area contributed by atoms with Gasteiger partial charge in [0.2, 0.25) is 0 Å². The topological polar surface area (TPSA) is 80.9 Å². The fourth-order valence-corrected chi connectivity index (χ4v) is 3.28. The SMILES string of the molecule is CCCCc1nc(CC(C)C)nn1Cc1ccc(-c2ccccc2C(=O)O)cn1. The molecule has 0 radical (unpaired) electrons. The van der Waals surface area contributed by atoms with E-state index in [0.717, 1.165) is 48.6 Å². The zero-order valence-corrected chi connectivity index (χ0v) is 17.3. The van der Waals surface area contributed by atoms with Gasteiger partial charge < -0.3 is 5.11 Å². The summed E-state index contributed by atoms with van der Waals surface area (Å²) in [6.07, 6.45) is 5.70. The van der Waals surface area contributed by atoms with Crippen molar-refractivity contribution in [3.05, 3.63) is 65.5 Å². The minimum Gasteiger partial charge on any atom is -0.478 e. The number of rotatable bonds is 9. The van der Waals surface area contributed by atoms with Gasteiger partial charge in [0, 0.05) is 24.6 Å². The van der Waals surface area contributed by atoms with Crippen LogP contribution in [0.25, 0.3) is 11.1 Å². The van der Waals surface area contributed by atoms with E-state index in [4.69, 9.17) is 10.1 Å². The van der Waals surface area contributed by atoms with Crippen LogP contribution in [0.2, 0.25) is 0 Å². The zero-order valence-electron chi connectivity index (χ0n) is 17.3. The van der Waals surface area contributed by atoms with Crippen molar-refractivity contribution >= 4 is 5.97 Å². The summed E-state index contributed by atoms with van der Waals surface area (Å²) in [7, 11) is 0. The molecule has 29 heavy (non-hydrogen) atoms. The van der Waals surface area contributed by atoms with Gasteiger partial charge in [0.15, 0.2) is 5.82 Å². The van der Waals surface area contributed by atoms with E-state index in [2.05, 4.69) is 25.8 Å². The van der Waals surface area contributed by atoms with E-state index in [0.29, 0.717) is 18.0 Å². The highest BCUT2D eigenvalue weighted by molar-refractivity contribution is 5.95. The molecule has 0 atom stereocenters. The lowest BCUT2D eigenvalue weighted by molar-refractivity contribution is 0.0697. The first kappa shape index (κ1) is 20.7. The van der Waals surface area contributed by atoms with Crippen molar-refractivity contribution in [2.24, 2.45) is 5.92 Å². The number of carboxylic acids is 1. The fourth-order valence-electron chi connectivity index (χ4n) is 3.28. The fraction of sp³-hybridized carbons (Fsp3) is 0.391. The molecule has 0 saturated heterocycles. The summed E-state index contributed by atoms with van der Waals surface area (Å²) in [5.74, 6) is 1.46. The Morgan fingerprint density at radius 2 is 1.97 bits per heavy atom. The van der Waals surface area contributed by atoms with Crippen LogP contribution in [-0.4, -0.2) is 30.8 Å². The van der Waals surface area contributed by atoms with E-state index < -0.39 is 5.97 Å². The first-order chi connectivity index (χ1) is 14.0. The van der Waals surface area contributed by atoms with E-state index in [-0.39, 0.29) is 5.56 Å². The Kier molecular flexibility index (Phi) is 6.75. The first-order valence-electron chi connectivity index (χ1n) is 10.2. The molecular weight excluding hydrogens is 364 g/mol. The van der Waals surface area contributed by atoms with Crippen LogP contribution in [0.1, 0.15) is 61.3 Å². The largest absolute Gasteiger partial charge is 0.478 e. The minimum atomic E-state index is -0.939. The van der Waals surface area contributed by atoms with Crippen LogP contribution in [0, 0.1) is 5.92 Å². The van der Waals surface area contributed by atoms with Crippen LogP contribution < -0.4 is 0 Å². The second kappa shape index (κ2) is 9.45. The summed E-state index contributed by atoms with van der Waals surface area (Å²) in [5, 5.41) is 14.1. The summed E-state index contributed by atoms with van der Waals surface area (Å²) >= 11 is 0. The molecular formula is C23H28N4O2. The van der Waals surface area contributed by atoms with Gasteiger partial charge in [0.05, 0.1) is 17.8 Å². The Morgan fingerprint density at radius 3 is 2.62 bits per heavy atom. The van der Waals surface area contributed by atoms with Gasteiger partial charge in [-0.25, -0.2) is 14.5 Å². The molecule has 0 bridgehead atoms. The van der Waals surface area contributed by atoms with Gasteiger partial charge in [-0.15, -0.1) is 0 Å². The van der Waals surface area contributed by atoms with Crippen molar-refractivity contribution in [3.63, 3.8) is 0 Å². The standard InChI is InChI=1S/C23H28N4O2/c1-4-5-10-22-25-21(13-16(2)3)26-27(22)15-18-12-11-17(14-24-18)19-8-6-7-9-20(19)23(28)29/h6-9,11-12,14,16H,4-5,10,13,15H2,1-3H3,(H,28,29). The van der Waals surface area contributed by atoms with Gasteiger partial charge in [-0.2, -0.15) is 5.10 Å². The molecule has 0 saturated carbocycles. The van der Waals surface area contributed by atoms with Crippen LogP contribution in [0.4, 0.5) is 0 Å². The molecule has 0 aliphatic rings. The lowest BCUT2D eigenvalue weighted by atomic mass is 10.0. The second-order valence-corrected chi connectivity index (χ2v) is 7.69. The van der Waals surface area contributed by atoms with Crippen molar-refractivity contribution in [2.45, 2.75) is 53.0 Å². The summed E-state index contributed by atoms with van der Waals surface area (Å²) in [5.41, 5.74) is 2.61. The molecule has 0 aliphatic heterocycles. The van der Waals surface area contributed by atoms with Gasteiger partial charge in [0.1, 0.15) is 5.82 Å². The lowest BCUT2D eigenvalue weighted by Crippen LogP contribution is -2.09. The molecule has 152 valence electrons. The third-order valence-electron chi connectivity index (χ3n) is 4.74. The average molecular weight is 393 g/mol. The third-order valence-corrected chi connectivity index (χ3v) is 4.74. The van der Waals surface area contributed by atoms with Crippen molar-refractivity contribution in [3.8, 4) is 11.1 Å². The predicted molar refractivity (Wildman–Crippen MR) is 113 cm³/mol. The maximum absolute atomic E-state index is 11.5. The Hall–Kier alpha value is -3.02. The number of nitrogens with zero attached hydrogens (tertiary/aromatic N) is 4. The zero-order chi connectivity index (χ0) is 20.8. The van der Waals surface area contributed by atoms with Crippen LogP contribution >= 0.6 is 0 Å². The number of benzene rings is 1. The second-order valence-electron chi connectivity index (χ2n) is 7.69. The molecule has 2 aromatic heterocycles. The summed E-state index contributed by atoms with van der Waals surface area (Å²) < 4.78 is 1.96. The number of unbranched alkanes of at least 4 members (excludes halogenated alkanes) is 1. The molecule has 0 spiro atoms. The first-order valence-corrected chi connectivity index (χ1v) is 10.2. The number of carboxylic acid groups (broad SMARTS) is 1. The van der Waals surface area contributed by atoms with Crippen LogP contribution in [0.15, 0.2) is 42.6 Å². The maximum Gasteiger partial charge on any atom is 0.336 e. The number of hydrogen-bond donors (Lipinski definition) is 1. The van der Waals surface area contributed by atoms with Gasteiger partial charge in [0.25, 0.3) is 0 Å². The van der Waals surface area contributed by atoms with E-state index in [1.165, 1.54) is 0 Å². The molecule has 3 rings (SSSR count). The predicted octanol–water partition coefficient (Wildman–Crippen LogP) is 4.63. The molecule has 0 unspecified atom stereocenters. The van der Waals surface area contributed by atoms with E-state index in [9.17, 15) is 9.90 Å². The highest BCUT2D eigenvalue weighted by Crippen LogP contribution is 2.23. The Balaban J connectivity index is 1.83. The Labute approximate surface area is 171 Å². The number of aromatic nitrogens is 4. The summed E-state index contributed by atoms with van der Waals surface area (Å²) in [6, 6.07) is 10.8. The number of aromatic carboxylic acids is 1. The van der Waals surface area contributed by atoms with Crippen LogP contribution in [0.3, 0.4) is 0 Å². The molecule has 2 heterocycles. The number of hydrogen-bond acceptors (Lipinski definition) is 4. The van der Waals surface area contributed by atoms with Gasteiger partial charge in [-0.1, -0.05) is 51.5 Å². The molecule has 3 aromatic rings. The number of carbonyl (C=O) groups is 1. The summed E-state index contributed by atoms with van der Waals surface area (Å²) in [6.45, 7) is 7.07. The molecule has 0 amide bonds. The van der Waals surface area contributed by atoms with Crippen LogP contribution in [-0.2, 0) is 19.4 Å².